The molecule has 6 heteroatoms. The number of ether oxygens (including phenoxy) is 2. The van der Waals surface area contributed by atoms with Crippen LogP contribution in [0.15, 0.2) is 35.0 Å². The Morgan fingerprint density at radius 1 is 1.30 bits per heavy atom. The summed E-state index contributed by atoms with van der Waals surface area (Å²) in [5.41, 5.74) is 1.70. The molecule has 6 nitrogen and oxygen atoms in total. The molecule has 2 heterocycles. The zero-order valence-electron chi connectivity index (χ0n) is 11.0. The Kier molecular flexibility index (Phi) is 3.94. The summed E-state index contributed by atoms with van der Waals surface area (Å²) >= 11 is 0. The SMILES string of the molecule is [O-][n+]1onc(-c2ccccc2)c1COC1CCCCO1. The van der Waals surface area contributed by atoms with Gasteiger partial charge in [0, 0.05) is 17.3 Å². The van der Waals surface area contributed by atoms with Crippen molar-refractivity contribution in [2.24, 2.45) is 0 Å². The summed E-state index contributed by atoms with van der Waals surface area (Å²) in [6.07, 6.45) is 2.74. The molecule has 1 atom stereocenters. The highest BCUT2D eigenvalue weighted by Gasteiger charge is 2.23. The third kappa shape index (κ3) is 2.81. The molecule has 1 aromatic heterocycles. The van der Waals surface area contributed by atoms with E-state index in [0.717, 1.165) is 24.8 Å². The second kappa shape index (κ2) is 6.02. The van der Waals surface area contributed by atoms with Gasteiger partial charge >= 0.3 is 0 Å². The lowest BCUT2D eigenvalue weighted by molar-refractivity contribution is -0.809. The monoisotopic (exact) mass is 276 g/mol. The molecule has 0 aliphatic carbocycles. The number of aromatic nitrogens is 2. The quantitative estimate of drug-likeness (QED) is 0.799. The maximum atomic E-state index is 11.7. The Hall–Kier alpha value is -1.92. The average molecular weight is 276 g/mol. The van der Waals surface area contributed by atoms with Crippen LogP contribution in [-0.4, -0.2) is 18.1 Å². The van der Waals surface area contributed by atoms with Gasteiger partial charge in [0.15, 0.2) is 6.29 Å². The fraction of sp³-hybridized carbons (Fsp3) is 0.429. The van der Waals surface area contributed by atoms with Gasteiger partial charge in [0.25, 0.3) is 5.69 Å². The molecule has 3 rings (SSSR count). The van der Waals surface area contributed by atoms with Crippen molar-refractivity contribution in [1.82, 2.24) is 5.16 Å². The van der Waals surface area contributed by atoms with Crippen LogP contribution >= 0.6 is 0 Å². The first kappa shape index (κ1) is 13.1. The second-order valence-corrected chi connectivity index (χ2v) is 4.70. The third-order valence-corrected chi connectivity index (χ3v) is 3.29. The number of hydrogen-bond acceptors (Lipinski definition) is 5. The Morgan fingerprint density at radius 2 is 2.15 bits per heavy atom. The van der Waals surface area contributed by atoms with Crippen LogP contribution in [0.2, 0.25) is 0 Å². The number of rotatable bonds is 4. The van der Waals surface area contributed by atoms with Crippen molar-refractivity contribution in [2.45, 2.75) is 32.2 Å². The van der Waals surface area contributed by atoms with Gasteiger partial charge in [-0.25, -0.2) is 0 Å². The fourth-order valence-corrected chi connectivity index (χ4v) is 2.22. The van der Waals surface area contributed by atoms with Gasteiger partial charge in [-0.3, -0.25) is 4.63 Å². The van der Waals surface area contributed by atoms with Crippen molar-refractivity contribution in [3.63, 3.8) is 0 Å². The predicted molar refractivity (Wildman–Crippen MR) is 69.3 cm³/mol. The lowest BCUT2D eigenvalue weighted by atomic mass is 10.1. The highest BCUT2D eigenvalue weighted by atomic mass is 16.8. The number of nitrogens with zero attached hydrogens (tertiary/aromatic N) is 2. The van der Waals surface area contributed by atoms with Crippen molar-refractivity contribution in [2.75, 3.05) is 6.61 Å². The molecule has 20 heavy (non-hydrogen) atoms. The van der Waals surface area contributed by atoms with Crippen molar-refractivity contribution in [3.05, 3.63) is 41.2 Å². The Bertz CT molecular complexity index is 550. The molecule has 1 aromatic carbocycles. The van der Waals surface area contributed by atoms with E-state index in [4.69, 9.17) is 9.47 Å². The van der Waals surface area contributed by atoms with Crippen LogP contribution in [0.1, 0.15) is 25.0 Å². The molecule has 1 unspecified atom stereocenters. The van der Waals surface area contributed by atoms with Crippen LogP contribution in [0, 0.1) is 5.21 Å². The van der Waals surface area contributed by atoms with Gasteiger partial charge in [0.1, 0.15) is 6.61 Å². The van der Waals surface area contributed by atoms with E-state index in [-0.39, 0.29) is 12.9 Å². The molecule has 0 bridgehead atoms. The smallest absolute Gasteiger partial charge is 0.253 e. The minimum atomic E-state index is -0.248. The first-order chi connectivity index (χ1) is 9.84. The summed E-state index contributed by atoms with van der Waals surface area (Å²) in [6, 6.07) is 9.42. The zero-order valence-corrected chi connectivity index (χ0v) is 11.0. The van der Waals surface area contributed by atoms with Crippen LogP contribution in [0.25, 0.3) is 11.3 Å². The van der Waals surface area contributed by atoms with E-state index in [1.807, 2.05) is 30.3 Å². The summed E-state index contributed by atoms with van der Waals surface area (Å²) in [5, 5.41) is 15.5. The summed E-state index contributed by atoms with van der Waals surface area (Å²) in [6.45, 7) is 0.832. The minimum absolute atomic E-state index is 0.127. The average Bonchev–Trinajstić information content (AvgIpc) is 2.88. The molecule has 0 N–H and O–H groups in total. The van der Waals surface area contributed by atoms with E-state index in [1.165, 1.54) is 0 Å². The molecule has 0 radical (unpaired) electrons. The van der Waals surface area contributed by atoms with E-state index in [2.05, 4.69) is 9.79 Å². The van der Waals surface area contributed by atoms with Crippen molar-refractivity contribution in [3.8, 4) is 11.3 Å². The normalized spacial score (nSPS) is 19.1. The van der Waals surface area contributed by atoms with E-state index < -0.39 is 0 Å². The van der Waals surface area contributed by atoms with Gasteiger partial charge in [-0.2, -0.15) is 0 Å². The van der Waals surface area contributed by atoms with Crippen LogP contribution < -0.4 is 4.90 Å². The van der Waals surface area contributed by atoms with Gasteiger partial charge in [-0.05, 0) is 24.2 Å². The van der Waals surface area contributed by atoms with Crippen LogP contribution in [-0.2, 0) is 16.1 Å². The summed E-state index contributed by atoms with van der Waals surface area (Å²) < 4.78 is 15.8. The molecule has 0 saturated carbocycles. The molecular weight excluding hydrogens is 260 g/mol. The Morgan fingerprint density at radius 3 is 2.90 bits per heavy atom. The van der Waals surface area contributed by atoms with Crippen molar-refractivity contribution in [1.29, 1.82) is 0 Å². The lowest BCUT2D eigenvalue weighted by Crippen LogP contribution is -2.31. The standard InChI is InChI=1S/C14H16N2O4/c17-16-12(10-19-13-8-4-5-9-18-13)14(15-20-16)11-6-2-1-3-7-11/h1-3,6-7,13H,4-5,8-10H2. The summed E-state index contributed by atoms with van der Waals surface area (Å²) in [7, 11) is 0. The fourth-order valence-electron chi connectivity index (χ4n) is 2.22. The predicted octanol–water partition coefficient (Wildman–Crippen LogP) is 2.02. The lowest BCUT2D eigenvalue weighted by Gasteiger charge is -2.22. The van der Waals surface area contributed by atoms with Gasteiger partial charge in [-0.15, -0.1) is 0 Å². The molecule has 1 aliphatic rings. The molecular formula is C14H16N2O4. The molecule has 0 spiro atoms. The molecule has 1 fully saturated rings. The highest BCUT2D eigenvalue weighted by molar-refractivity contribution is 5.59. The van der Waals surface area contributed by atoms with Gasteiger partial charge < -0.3 is 14.7 Å². The maximum Gasteiger partial charge on any atom is 0.253 e. The van der Waals surface area contributed by atoms with Gasteiger partial charge in [0.2, 0.25) is 5.69 Å². The van der Waals surface area contributed by atoms with Crippen LogP contribution in [0.5, 0.6) is 0 Å². The van der Waals surface area contributed by atoms with Gasteiger partial charge in [0.05, 0.1) is 0 Å². The maximum absolute atomic E-state index is 11.7. The minimum Gasteiger partial charge on any atom is -0.359 e. The van der Waals surface area contributed by atoms with Crippen molar-refractivity contribution >= 4 is 0 Å². The summed E-state index contributed by atoms with van der Waals surface area (Å²) in [4.78, 5) is 0.394. The molecule has 2 aromatic rings. The van der Waals surface area contributed by atoms with E-state index in [1.54, 1.807) is 0 Å². The topological polar surface area (TPSA) is 71.4 Å². The van der Waals surface area contributed by atoms with Crippen molar-refractivity contribution < 1.29 is 19.0 Å². The number of benzene rings is 1. The van der Waals surface area contributed by atoms with E-state index in [9.17, 15) is 5.21 Å². The second-order valence-electron chi connectivity index (χ2n) is 4.70. The molecule has 1 saturated heterocycles. The summed E-state index contributed by atoms with van der Waals surface area (Å²) in [5.74, 6) is 0. The third-order valence-electron chi connectivity index (χ3n) is 3.29. The molecule has 106 valence electrons. The Labute approximate surface area is 116 Å². The number of hydrogen-bond donors (Lipinski definition) is 0. The van der Waals surface area contributed by atoms with Crippen LogP contribution in [0.3, 0.4) is 0 Å². The van der Waals surface area contributed by atoms with Crippen LogP contribution in [0.4, 0.5) is 0 Å². The Balaban J connectivity index is 1.74. The highest BCUT2D eigenvalue weighted by Crippen LogP contribution is 2.21. The zero-order chi connectivity index (χ0) is 13.8. The molecule has 0 amide bonds. The van der Waals surface area contributed by atoms with E-state index >= 15 is 0 Å². The van der Waals surface area contributed by atoms with Gasteiger partial charge in [-0.1, -0.05) is 30.3 Å². The first-order valence-electron chi connectivity index (χ1n) is 6.72. The first-order valence-corrected chi connectivity index (χ1v) is 6.72. The largest absolute Gasteiger partial charge is 0.359 e. The molecule has 1 aliphatic heterocycles. The van der Waals surface area contributed by atoms with E-state index in [0.29, 0.717) is 22.9 Å².